The minimum atomic E-state index is 1.04. The zero-order valence-corrected chi connectivity index (χ0v) is 13.9. The van der Waals surface area contributed by atoms with Crippen molar-refractivity contribution in [2.45, 2.75) is 19.8 Å². The number of hydrogen-bond acceptors (Lipinski definition) is 0. The SMILES string of the molecule is Cc1ccc(CCc2c(-c3ccccc3)[nH]c3ccccc23)cc1. The van der Waals surface area contributed by atoms with Gasteiger partial charge in [-0.25, -0.2) is 0 Å². The molecule has 0 fully saturated rings. The van der Waals surface area contributed by atoms with Crippen molar-refractivity contribution in [3.05, 3.63) is 95.6 Å². The number of aromatic amines is 1. The van der Waals surface area contributed by atoms with E-state index in [9.17, 15) is 0 Å². The zero-order valence-electron chi connectivity index (χ0n) is 13.9. The first-order valence-corrected chi connectivity index (χ1v) is 8.52. The Kier molecular flexibility index (Phi) is 3.92. The van der Waals surface area contributed by atoms with Crippen molar-refractivity contribution in [3.63, 3.8) is 0 Å². The number of hydrogen-bond donors (Lipinski definition) is 1. The molecule has 1 nitrogen and oxygen atoms in total. The second kappa shape index (κ2) is 6.37. The lowest BCUT2D eigenvalue weighted by molar-refractivity contribution is 0.969. The van der Waals surface area contributed by atoms with E-state index in [2.05, 4.69) is 90.8 Å². The fourth-order valence-electron chi connectivity index (χ4n) is 3.34. The first kappa shape index (κ1) is 14.8. The van der Waals surface area contributed by atoms with Crippen LogP contribution in [-0.4, -0.2) is 4.98 Å². The fourth-order valence-corrected chi connectivity index (χ4v) is 3.34. The Morgan fingerprint density at radius 1 is 0.708 bits per heavy atom. The van der Waals surface area contributed by atoms with Gasteiger partial charge >= 0.3 is 0 Å². The van der Waals surface area contributed by atoms with Crippen LogP contribution in [0.5, 0.6) is 0 Å². The summed E-state index contributed by atoms with van der Waals surface area (Å²) in [5, 5.41) is 1.34. The summed E-state index contributed by atoms with van der Waals surface area (Å²) in [5.74, 6) is 0. The Morgan fingerprint density at radius 2 is 1.42 bits per heavy atom. The fraction of sp³-hybridized carbons (Fsp3) is 0.130. The maximum atomic E-state index is 3.63. The molecule has 0 amide bonds. The molecule has 3 aromatic carbocycles. The van der Waals surface area contributed by atoms with Crippen LogP contribution >= 0.6 is 0 Å². The molecule has 0 aliphatic rings. The molecule has 1 heterocycles. The Balaban J connectivity index is 1.74. The third-order valence-corrected chi connectivity index (χ3v) is 4.66. The molecule has 0 saturated carbocycles. The summed E-state index contributed by atoms with van der Waals surface area (Å²) < 4.78 is 0. The molecule has 4 rings (SSSR count). The third-order valence-electron chi connectivity index (χ3n) is 4.66. The molecule has 0 aliphatic heterocycles. The van der Waals surface area contributed by atoms with Crippen molar-refractivity contribution >= 4 is 10.9 Å². The number of H-pyrrole nitrogens is 1. The number of aromatic nitrogens is 1. The van der Waals surface area contributed by atoms with Gasteiger partial charge in [0, 0.05) is 16.6 Å². The number of nitrogens with one attached hydrogen (secondary N) is 1. The Morgan fingerprint density at radius 3 is 2.21 bits per heavy atom. The molecule has 0 radical (unpaired) electrons. The molecule has 1 N–H and O–H groups in total. The number of benzene rings is 3. The maximum absolute atomic E-state index is 3.63. The third kappa shape index (κ3) is 2.85. The predicted octanol–water partition coefficient (Wildman–Crippen LogP) is 5.93. The van der Waals surface area contributed by atoms with Crippen molar-refractivity contribution in [3.8, 4) is 11.3 Å². The van der Waals surface area contributed by atoms with Crippen LogP contribution in [0.1, 0.15) is 16.7 Å². The van der Waals surface area contributed by atoms with Gasteiger partial charge in [0.1, 0.15) is 0 Å². The summed E-state index contributed by atoms with van der Waals surface area (Å²) in [7, 11) is 0. The average molecular weight is 311 g/mol. The molecular formula is C23H21N. The number of fused-ring (bicyclic) bond motifs is 1. The Labute approximate surface area is 143 Å². The van der Waals surface area contributed by atoms with Crippen LogP contribution in [-0.2, 0) is 12.8 Å². The summed E-state index contributed by atoms with van der Waals surface area (Å²) in [4.78, 5) is 3.63. The lowest BCUT2D eigenvalue weighted by Crippen LogP contribution is -1.93. The molecule has 0 unspecified atom stereocenters. The van der Waals surface area contributed by atoms with Gasteiger partial charge in [0.2, 0.25) is 0 Å². The monoisotopic (exact) mass is 311 g/mol. The molecule has 1 aromatic heterocycles. The second-order valence-corrected chi connectivity index (χ2v) is 6.38. The van der Waals surface area contributed by atoms with Gasteiger partial charge in [0.15, 0.2) is 0 Å². The normalized spacial score (nSPS) is 11.0. The summed E-state index contributed by atoms with van der Waals surface area (Å²) >= 11 is 0. The standard InChI is InChI=1S/C23H21N/c1-17-11-13-18(14-12-17)15-16-21-20-9-5-6-10-22(20)24-23(21)19-7-3-2-4-8-19/h2-14,24H,15-16H2,1H3. The van der Waals surface area contributed by atoms with Crippen molar-refractivity contribution in [1.82, 2.24) is 4.98 Å². The van der Waals surface area contributed by atoms with Crippen molar-refractivity contribution in [2.24, 2.45) is 0 Å². The van der Waals surface area contributed by atoms with Gasteiger partial charge in [-0.1, -0.05) is 78.4 Å². The number of aryl methyl sites for hydroxylation is 3. The molecular weight excluding hydrogens is 290 g/mol. The van der Waals surface area contributed by atoms with E-state index >= 15 is 0 Å². The van der Waals surface area contributed by atoms with Gasteiger partial charge in [-0.3, -0.25) is 0 Å². The molecule has 0 spiro atoms. The van der Waals surface area contributed by atoms with Gasteiger partial charge in [-0.05, 0) is 42.5 Å². The molecule has 0 bridgehead atoms. The van der Waals surface area contributed by atoms with Gasteiger partial charge in [-0.15, -0.1) is 0 Å². The van der Waals surface area contributed by atoms with E-state index in [1.54, 1.807) is 0 Å². The number of rotatable bonds is 4. The number of para-hydroxylation sites is 1. The largest absolute Gasteiger partial charge is 0.354 e. The summed E-state index contributed by atoms with van der Waals surface area (Å²) in [6.07, 6.45) is 2.10. The Bertz CT molecular complexity index is 946. The molecule has 24 heavy (non-hydrogen) atoms. The smallest absolute Gasteiger partial charge is 0.0497 e. The van der Waals surface area contributed by atoms with E-state index in [0.717, 1.165) is 12.8 Å². The van der Waals surface area contributed by atoms with E-state index in [0.29, 0.717) is 0 Å². The van der Waals surface area contributed by atoms with Crippen LogP contribution in [0, 0.1) is 6.92 Å². The lowest BCUT2D eigenvalue weighted by atomic mass is 9.98. The Hall–Kier alpha value is -2.80. The molecule has 0 atom stereocenters. The highest BCUT2D eigenvalue weighted by atomic mass is 14.7. The predicted molar refractivity (Wildman–Crippen MR) is 102 cm³/mol. The van der Waals surface area contributed by atoms with Crippen LogP contribution < -0.4 is 0 Å². The van der Waals surface area contributed by atoms with E-state index in [1.165, 1.54) is 38.9 Å². The molecule has 0 aliphatic carbocycles. The second-order valence-electron chi connectivity index (χ2n) is 6.38. The van der Waals surface area contributed by atoms with E-state index in [1.807, 2.05) is 0 Å². The summed E-state index contributed by atoms with van der Waals surface area (Å²) in [6, 6.07) is 28.1. The van der Waals surface area contributed by atoms with Crippen LogP contribution in [0.25, 0.3) is 22.2 Å². The van der Waals surface area contributed by atoms with E-state index in [4.69, 9.17) is 0 Å². The van der Waals surface area contributed by atoms with Gasteiger partial charge in [0.05, 0.1) is 0 Å². The van der Waals surface area contributed by atoms with Crippen molar-refractivity contribution < 1.29 is 0 Å². The van der Waals surface area contributed by atoms with Gasteiger partial charge in [-0.2, -0.15) is 0 Å². The van der Waals surface area contributed by atoms with Crippen molar-refractivity contribution in [1.29, 1.82) is 0 Å². The van der Waals surface area contributed by atoms with E-state index in [-0.39, 0.29) is 0 Å². The molecule has 0 saturated heterocycles. The van der Waals surface area contributed by atoms with Crippen LogP contribution in [0.3, 0.4) is 0 Å². The van der Waals surface area contributed by atoms with E-state index < -0.39 is 0 Å². The van der Waals surface area contributed by atoms with Gasteiger partial charge < -0.3 is 4.98 Å². The van der Waals surface area contributed by atoms with Crippen LogP contribution in [0.4, 0.5) is 0 Å². The molecule has 118 valence electrons. The molecule has 4 aromatic rings. The summed E-state index contributed by atoms with van der Waals surface area (Å²) in [5.41, 5.74) is 7.85. The minimum absolute atomic E-state index is 1.04. The first-order chi connectivity index (χ1) is 11.8. The first-order valence-electron chi connectivity index (χ1n) is 8.52. The average Bonchev–Trinajstić information content (AvgIpc) is 3.01. The van der Waals surface area contributed by atoms with Crippen LogP contribution in [0.15, 0.2) is 78.9 Å². The van der Waals surface area contributed by atoms with Crippen molar-refractivity contribution in [2.75, 3.05) is 0 Å². The quantitative estimate of drug-likeness (QED) is 0.481. The van der Waals surface area contributed by atoms with Gasteiger partial charge in [0.25, 0.3) is 0 Å². The minimum Gasteiger partial charge on any atom is -0.354 e. The summed E-state index contributed by atoms with van der Waals surface area (Å²) in [6.45, 7) is 2.14. The topological polar surface area (TPSA) is 15.8 Å². The molecule has 1 heteroatoms. The lowest BCUT2D eigenvalue weighted by Gasteiger charge is -2.06. The van der Waals surface area contributed by atoms with Crippen LogP contribution in [0.2, 0.25) is 0 Å². The highest BCUT2D eigenvalue weighted by molar-refractivity contribution is 5.90. The zero-order chi connectivity index (χ0) is 16.4. The maximum Gasteiger partial charge on any atom is 0.0497 e. The highest BCUT2D eigenvalue weighted by Crippen LogP contribution is 2.31. The highest BCUT2D eigenvalue weighted by Gasteiger charge is 2.12.